The highest BCUT2D eigenvalue weighted by Gasteiger charge is 2.43. The summed E-state index contributed by atoms with van der Waals surface area (Å²) in [5, 5.41) is 10.7. The number of hydrogen-bond donors (Lipinski definition) is 4. The molecule has 3 aromatic carbocycles. The predicted molar refractivity (Wildman–Crippen MR) is 160 cm³/mol. The fraction of sp³-hybridized carbons (Fsp3) is 0.258. The van der Waals surface area contributed by atoms with Gasteiger partial charge in [-0.2, -0.15) is 13.2 Å². The number of benzene rings is 3. The van der Waals surface area contributed by atoms with Crippen molar-refractivity contribution in [3.8, 4) is 11.1 Å². The molecule has 0 fully saturated rings. The summed E-state index contributed by atoms with van der Waals surface area (Å²) in [6, 6.07) is 21.4. The average molecular weight is 663 g/mol. The molecule has 0 aliphatic heterocycles. The van der Waals surface area contributed by atoms with Gasteiger partial charge in [-0.05, 0) is 34.7 Å². The zero-order valence-electron chi connectivity index (χ0n) is 24.2. The van der Waals surface area contributed by atoms with Crippen molar-refractivity contribution in [2.45, 2.75) is 38.0 Å². The Morgan fingerprint density at radius 1 is 0.761 bits per heavy atom. The van der Waals surface area contributed by atoms with E-state index in [9.17, 15) is 37.1 Å². The highest BCUT2D eigenvalue weighted by molar-refractivity contribution is 6.31. The van der Waals surface area contributed by atoms with Crippen molar-refractivity contribution in [3.63, 3.8) is 0 Å². The predicted octanol–water partition coefficient (Wildman–Crippen LogP) is 4.51. The molecule has 1 atom stereocenters. The Bertz CT molecular complexity index is 1510. The molecular weight excluding hydrogens is 633 g/mol. The summed E-state index contributed by atoms with van der Waals surface area (Å²) in [7, 11) is 0. The molecule has 3 rings (SSSR count). The molecule has 0 aromatic heterocycles. The van der Waals surface area contributed by atoms with Gasteiger partial charge in [0.15, 0.2) is 0 Å². The third-order valence-corrected chi connectivity index (χ3v) is 6.65. The highest BCUT2D eigenvalue weighted by Crippen LogP contribution is 2.24. The Balaban J connectivity index is 1.48. The molecule has 11 nitrogen and oxygen atoms in total. The second-order valence-electron chi connectivity index (χ2n) is 9.72. The second kappa shape index (κ2) is 17.4. The standard InChI is InChI=1S/C31H30ClF3N4O7/c32-24-10-5-4-9-23(24)18-38-30(44)36-16-6-11-26(40)37-19-27(41)39-25(17-28(42)45-46-29(43)31(33,34)35)22-14-12-21(13-15-22)20-7-2-1-3-8-20/h1-5,7-10,12-15,25H,6,11,16-19H2,(H,37,40)(H,39,41)(H2,36,38,44). The van der Waals surface area contributed by atoms with E-state index in [1.54, 1.807) is 48.5 Å². The van der Waals surface area contributed by atoms with Crippen LogP contribution in [0.5, 0.6) is 0 Å². The second-order valence-corrected chi connectivity index (χ2v) is 10.1. The maximum absolute atomic E-state index is 12.6. The van der Waals surface area contributed by atoms with E-state index in [1.807, 2.05) is 30.3 Å². The summed E-state index contributed by atoms with van der Waals surface area (Å²) in [4.78, 5) is 67.5. The number of nitrogens with one attached hydrogen (secondary N) is 4. The van der Waals surface area contributed by atoms with Crippen LogP contribution in [0.2, 0.25) is 5.02 Å². The molecule has 244 valence electrons. The van der Waals surface area contributed by atoms with Crippen molar-refractivity contribution in [2.75, 3.05) is 13.1 Å². The van der Waals surface area contributed by atoms with Gasteiger partial charge in [0.25, 0.3) is 0 Å². The van der Waals surface area contributed by atoms with Crippen molar-refractivity contribution >= 4 is 41.4 Å². The minimum absolute atomic E-state index is 0.0145. The van der Waals surface area contributed by atoms with Gasteiger partial charge < -0.3 is 21.3 Å². The van der Waals surface area contributed by atoms with Crippen LogP contribution in [0.3, 0.4) is 0 Å². The molecule has 0 aliphatic rings. The number of carbonyl (C=O) groups excluding carboxylic acids is 5. The first kappa shape index (κ1) is 35.4. The normalized spacial score (nSPS) is 11.5. The van der Waals surface area contributed by atoms with Crippen LogP contribution in [0, 0.1) is 0 Å². The summed E-state index contributed by atoms with van der Waals surface area (Å²) in [6.45, 7) is -0.0902. The van der Waals surface area contributed by atoms with Gasteiger partial charge in [-0.1, -0.05) is 84.4 Å². The fourth-order valence-electron chi connectivity index (χ4n) is 3.97. The van der Waals surface area contributed by atoms with Crippen LogP contribution in [0.4, 0.5) is 18.0 Å². The summed E-state index contributed by atoms with van der Waals surface area (Å²) in [6.07, 6.45) is -5.82. The van der Waals surface area contributed by atoms with Crippen molar-refractivity contribution in [1.82, 2.24) is 21.3 Å². The van der Waals surface area contributed by atoms with E-state index in [1.165, 1.54) is 0 Å². The molecule has 0 saturated heterocycles. The fourth-order valence-corrected chi connectivity index (χ4v) is 4.17. The minimum atomic E-state index is -5.38. The average Bonchev–Trinajstić information content (AvgIpc) is 3.04. The van der Waals surface area contributed by atoms with Crippen LogP contribution in [0.25, 0.3) is 11.1 Å². The quantitative estimate of drug-likeness (QED) is 0.119. The van der Waals surface area contributed by atoms with Crippen LogP contribution >= 0.6 is 11.6 Å². The third-order valence-electron chi connectivity index (χ3n) is 6.28. The molecular formula is C31H30ClF3N4O7. The molecule has 4 amide bonds. The Labute approximate surface area is 266 Å². The topological polar surface area (TPSA) is 152 Å². The van der Waals surface area contributed by atoms with Gasteiger partial charge in [-0.3, -0.25) is 9.59 Å². The van der Waals surface area contributed by atoms with Crippen molar-refractivity contribution in [1.29, 1.82) is 0 Å². The van der Waals surface area contributed by atoms with Crippen LogP contribution in [-0.4, -0.2) is 49.0 Å². The van der Waals surface area contributed by atoms with Crippen LogP contribution < -0.4 is 21.3 Å². The molecule has 46 heavy (non-hydrogen) atoms. The van der Waals surface area contributed by atoms with Crippen molar-refractivity contribution in [2.24, 2.45) is 0 Å². The molecule has 3 aromatic rings. The number of hydrogen-bond acceptors (Lipinski definition) is 7. The SMILES string of the molecule is O=C(CCCNC(=O)NCc1ccccc1Cl)NCC(=O)NC(CC(=O)OOC(=O)C(F)(F)F)c1ccc(-c2ccccc2)cc1. The number of rotatable bonds is 13. The number of amides is 4. The van der Waals surface area contributed by atoms with E-state index in [-0.39, 0.29) is 25.9 Å². The first-order valence-electron chi connectivity index (χ1n) is 13.9. The van der Waals surface area contributed by atoms with Gasteiger partial charge in [-0.15, -0.1) is 0 Å². The van der Waals surface area contributed by atoms with E-state index in [0.29, 0.717) is 10.6 Å². The molecule has 0 bridgehead atoms. The molecule has 1 unspecified atom stereocenters. The summed E-state index contributed by atoms with van der Waals surface area (Å²) < 4.78 is 37.1. The molecule has 0 heterocycles. The Morgan fingerprint density at radius 3 is 2.09 bits per heavy atom. The molecule has 0 radical (unpaired) electrons. The summed E-state index contributed by atoms with van der Waals surface area (Å²) in [5.41, 5.74) is 2.84. The molecule has 0 spiro atoms. The number of halogens is 4. The minimum Gasteiger partial charge on any atom is -0.347 e. The largest absolute Gasteiger partial charge is 0.495 e. The molecule has 15 heteroatoms. The van der Waals surface area contributed by atoms with E-state index >= 15 is 0 Å². The number of carbonyl (C=O) groups is 5. The monoisotopic (exact) mass is 662 g/mol. The molecule has 0 aliphatic carbocycles. The first-order valence-corrected chi connectivity index (χ1v) is 14.2. The molecule has 0 saturated carbocycles. The summed E-state index contributed by atoms with van der Waals surface area (Å²) >= 11 is 6.05. The summed E-state index contributed by atoms with van der Waals surface area (Å²) in [5.74, 6) is -5.29. The van der Waals surface area contributed by atoms with Crippen molar-refractivity contribution in [3.05, 3.63) is 95.0 Å². The Hall–Kier alpha value is -5.11. The Morgan fingerprint density at radius 2 is 1.41 bits per heavy atom. The van der Waals surface area contributed by atoms with E-state index in [0.717, 1.165) is 16.7 Å². The van der Waals surface area contributed by atoms with Gasteiger partial charge in [0, 0.05) is 24.5 Å². The highest BCUT2D eigenvalue weighted by atomic mass is 35.5. The smallest absolute Gasteiger partial charge is 0.347 e. The zero-order chi connectivity index (χ0) is 33.5. The van der Waals surface area contributed by atoms with Gasteiger partial charge in [0.2, 0.25) is 11.8 Å². The lowest BCUT2D eigenvalue weighted by atomic mass is 9.99. The van der Waals surface area contributed by atoms with Gasteiger partial charge in [-0.25, -0.2) is 24.2 Å². The number of alkyl halides is 3. The van der Waals surface area contributed by atoms with Crippen molar-refractivity contribution < 1.29 is 46.9 Å². The lowest BCUT2D eigenvalue weighted by Gasteiger charge is -2.19. The van der Waals surface area contributed by atoms with E-state index in [4.69, 9.17) is 11.6 Å². The zero-order valence-corrected chi connectivity index (χ0v) is 25.0. The van der Waals surface area contributed by atoms with Crippen LogP contribution in [0.1, 0.15) is 36.4 Å². The lowest BCUT2D eigenvalue weighted by Crippen LogP contribution is -2.40. The van der Waals surface area contributed by atoms with E-state index in [2.05, 4.69) is 31.0 Å². The lowest BCUT2D eigenvalue weighted by molar-refractivity contribution is -0.286. The van der Waals surface area contributed by atoms with Crippen LogP contribution in [0.15, 0.2) is 78.9 Å². The maximum Gasteiger partial charge on any atom is 0.495 e. The first-order chi connectivity index (χ1) is 21.9. The van der Waals surface area contributed by atoms with Crippen LogP contribution in [-0.2, 0) is 35.5 Å². The molecule has 4 N–H and O–H groups in total. The maximum atomic E-state index is 12.6. The third kappa shape index (κ3) is 12.1. The van der Waals surface area contributed by atoms with Gasteiger partial charge in [0.1, 0.15) is 0 Å². The number of urea groups is 1. The Kier molecular flexibility index (Phi) is 13.4. The van der Waals surface area contributed by atoms with Gasteiger partial charge >= 0.3 is 24.1 Å². The van der Waals surface area contributed by atoms with E-state index < -0.39 is 55.0 Å². The van der Waals surface area contributed by atoms with Gasteiger partial charge in [0.05, 0.1) is 19.0 Å².